The minimum absolute atomic E-state index is 0.109. The molecule has 0 bridgehead atoms. The molecule has 1 aliphatic rings. The first kappa shape index (κ1) is 16.1. The fraction of sp³-hybridized carbons (Fsp3) is 0.500. The zero-order chi connectivity index (χ0) is 15.3. The molecule has 0 atom stereocenters. The molecule has 0 saturated carbocycles. The van der Waals surface area contributed by atoms with E-state index in [0.29, 0.717) is 28.7 Å². The normalized spacial score (nSPS) is 15.8. The van der Waals surface area contributed by atoms with Crippen molar-refractivity contribution < 1.29 is 19.5 Å². The fourth-order valence-corrected chi connectivity index (χ4v) is 1.99. The summed E-state index contributed by atoms with van der Waals surface area (Å²) in [6.45, 7) is 5.23. The first-order chi connectivity index (χ1) is 9.40. The number of hydrogen-bond acceptors (Lipinski definition) is 4. The third-order valence-corrected chi connectivity index (χ3v) is 3.37. The molecule has 0 spiro atoms. The van der Waals surface area contributed by atoms with Crippen molar-refractivity contribution in [2.45, 2.75) is 27.2 Å². The zero-order valence-corrected chi connectivity index (χ0v) is 12.0. The van der Waals surface area contributed by atoms with Gasteiger partial charge in [-0.05, 0) is 27.2 Å². The van der Waals surface area contributed by atoms with E-state index in [9.17, 15) is 14.4 Å². The van der Waals surface area contributed by atoms with Crippen molar-refractivity contribution in [3.63, 3.8) is 0 Å². The minimum Gasteiger partial charge on any atom is -0.395 e. The highest BCUT2D eigenvalue weighted by molar-refractivity contribution is 6.24. The maximum Gasteiger partial charge on any atom is 0.314 e. The van der Waals surface area contributed by atoms with Gasteiger partial charge < -0.3 is 15.7 Å². The number of hydrogen-bond donors (Lipinski definition) is 3. The number of carbonyl (C=O) groups is 3. The van der Waals surface area contributed by atoms with Crippen LogP contribution in [0.15, 0.2) is 22.3 Å². The molecule has 20 heavy (non-hydrogen) atoms. The first-order valence-electron chi connectivity index (χ1n) is 6.49. The van der Waals surface area contributed by atoms with E-state index in [-0.39, 0.29) is 31.3 Å². The van der Waals surface area contributed by atoms with E-state index in [1.807, 2.05) is 0 Å². The van der Waals surface area contributed by atoms with Crippen molar-refractivity contribution in [3.05, 3.63) is 22.3 Å². The van der Waals surface area contributed by atoms with Crippen molar-refractivity contribution in [2.24, 2.45) is 0 Å². The number of amides is 2. The summed E-state index contributed by atoms with van der Waals surface area (Å²) in [7, 11) is 0. The number of aliphatic hydroxyl groups is 1. The third kappa shape index (κ3) is 3.54. The lowest BCUT2D eigenvalue weighted by molar-refractivity contribution is -0.116. The molecule has 110 valence electrons. The van der Waals surface area contributed by atoms with E-state index in [1.54, 1.807) is 20.8 Å². The Balaban J connectivity index is 2.62. The van der Waals surface area contributed by atoms with Gasteiger partial charge in [-0.15, -0.1) is 0 Å². The van der Waals surface area contributed by atoms with Crippen molar-refractivity contribution in [1.82, 2.24) is 10.6 Å². The second-order valence-corrected chi connectivity index (χ2v) is 4.67. The van der Waals surface area contributed by atoms with Gasteiger partial charge in [-0.3, -0.25) is 9.59 Å². The smallest absolute Gasteiger partial charge is 0.314 e. The van der Waals surface area contributed by atoms with Crippen LogP contribution in [0.1, 0.15) is 27.2 Å². The molecule has 0 aromatic carbocycles. The van der Waals surface area contributed by atoms with Crippen LogP contribution in [0.25, 0.3) is 0 Å². The Hall–Kier alpha value is -1.95. The van der Waals surface area contributed by atoms with E-state index < -0.39 is 6.03 Å². The Morgan fingerprint density at radius 2 is 1.50 bits per heavy atom. The molecule has 1 aliphatic carbocycles. The maximum absolute atomic E-state index is 12.1. The topological polar surface area (TPSA) is 95.5 Å². The average Bonchev–Trinajstić information content (AvgIpc) is 2.44. The Kier molecular flexibility index (Phi) is 5.64. The first-order valence-corrected chi connectivity index (χ1v) is 6.49. The fourth-order valence-electron chi connectivity index (χ4n) is 1.99. The number of nitrogens with one attached hydrogen (secondary N) is 2. The van der Waals surface area contributed by atoms with E-state index in [0.717, 1.165) is 0 Å². The molecule has 0 aromatic heterocycles. The predicted octanol–water partition coefficient (Wildman–Crippen LogP) is 0.473. The summed E-state index contributed by atoms with van der Waals surface area (Å²) in [4.78, 5) is 35.3. The van der Waals surface area contributed by atoms with Crippen LogP contribution in [-0.4, -0.2) is 42.4 Å². The monoisotopic (exact) mass is 280 g/mol. The number of Topliss-reactive ketones (excluding diaryl/α,β-unsaturated/α-hetero) is 2. The van der Waals surface area contributed by atoms with Gasteiger partial charge in [0.1, 0.15) is 0 Å². The van der Waals surface area contributed by atoms with Gasteiger partial charge in [0, 0.05) is 35.4 Å². The van der Waals surface area contributed by atoms with Crippen LogP contribution in [0, 0.1) is 0 Å². The largest absolute Gasteiger partial charge is 0.395 e. The highest BCUT2D eigenvalue weighted by Gasteiger charge is 2.27. The molecule has 6 heteroatoms. The summed E-state index contributed by atoms with van der Waals surface area (Å²) >= 11 is 0. The van der Waals surface area contributed by atoms with Gasteiger partial charge in [-0.25, -0.2) is 4.79 Å². The van der Waals surface area contributed by atoms with E-state index in [1.165, 1.54) is 0 Å². The number of rotatable bonds is 5. The van der Waals surface area contributed by atoms with Gasteiger partial charge in [-0.1, -0.05) is 0 Å². The molecule has 0 aliphatic heterocycles. The molecule has 0 heterocycles. The van der Waals surface area contributed by atoms with Crippen LogP contribution in [0.4, 0.5) is 4.79 Å². The molecule has 0 unspecified atom stereocenters. The SMILES string of the molecule is CC1=C(C)C(=O)C(CCNC(=O)NCCO)=C(C)C1=O. The molecule has 1 rings (SSSR count). The Morgan fingerprint density at radius 3 is 2.10 bits per heavy atom. The summed E-state index contributed by atoms with van der Waals surface area (Å²) in [5.41, 5.74) is 1.88. The second-order valence-electron chi connectivity index (χ2n) is 4.67. The van der Waals surface area contributed by atoms with E-state index in [2.05, 4.69) is 10.6 Å². The average molecular weight is 280 g/mol. The third-order valence-electron chi connectivity index (χ3n) is 3.37. The van der Waals surface area contributed by atoms with Crippen molar-refractivity contribution in [3.8, 4) is 0 Å². The molecule has 6 nitrogen and oxygen atoms in total. The van der Waals surface area contributed by atoms with E-state index in [4.69, 9.17) is 5.11 Å². The van der Waals surface area contributed by atoms with Crippen molar-refractivity contribution in [2.75, 3.05) is 19.7 Å². The Bertz CT molecular complexity index is 503. The summed E-state index contributed by atoms with van der Waals surface area (Å²) < 4.78 is 0. The van der Waals surface area contributed by atoms with Crippen LogP contribution < -0.4 is 10.6 Å². The van der Waals surface area contributed by atoms with Gasteiger partial charge in [0.05, 0.1) is 6.61 Å². The highest BCUT2D eigenvalue weighted by Crippen LogP contribution is 2.25. The lowest BCUT2D eigenvalue weighted by atomic mass is 9.84. The van der Waals surface area contributed by atoms with Crippen LogP contribution >= 0.6 is 0 Å². The summed E-state index contributed by atoms with van der Waals surface area (Å²) in [6.07, 6.45) is 0.313. The van der Waals surface area contributed by atoms with Crippen LogP contribution in [0.3, 0.4) is 0 Å². The van der Waals surface area contributed by atoms with Crippen LogP contribution in [-0.2, 0) is 9.59 Å². The lowest BCUT2D eigenvalue weighted by Crippen LogP contribution is -2.38. The Labute approximate surface area is 117 Å². The standard InChI is InChI=1S/C14H20N2O4/c1-8-9(2)13(19)11(10(3)12(8)18)4-5-15-14(20)16-6-7-17/h17H,4-7H2,1-3H3,(H2,15,16,20). The van der Waals surface area contributed by atoms with Gasteiger partial charge >= 0.3 is 6.03 Å². The second kappa shape index (κ2) is 7.00. The van der Waals surface area contributed by atoms with Gasteiger partial charge in [0.15, 0.2) is 11.6 Å². The molecular formula is C14H20N2O4. The molecule has 0 radical (unpaired) electrons. The van der Waals surface area contributed by atoms with Gasteiger partial charge in [-0.2, -0.15) is 0 Å². The zero-order valence-electron chi connectivity index (χ0n) is 12.0. The lowest BCUT2D eigenvalue weighted by Gasteiger charge is -2.18. The minimum atomic E-state index is -0.407. The number of urea groups is 1. The molecule has 2 amide bonds. The number of carbonyl (C=O) groups excluding carboxylic acids is 3. The van der Waals surface area contributed by atoms with Crippen LogP contribution in [0.2, 0.25) is 0 Å². The predicted molar refractivity (Wildman–Crippen MR) is 74.2 cm³/mol. The van der Waals surface area contributed by atoms with Gasteiger partial charge in [0.25, 0.3) is 0 Å². The maximum atomic E-state index is 12.1. The van der Waals surface area contributed by atoms with Crippen molar-refractivity contribution >= 4 is 17.6 Å². The van der Waals surface area contributed by atoms with Crippen LogP contribution in [0.5, 0.6) is 0 Å². The number of ketones is 2. The number of allylic oxidation sites excluding steroid dienone is 3. The molecule has 3 N–H and O–H groups in total. The van der Waals surface area contributed by atoms with E-state index >= 15 is 0 Å². The molecule has 0 fully saturated rings. The Morgan fingerprint density at radius 1 is 0.950 bits per heavy atom. The van der Waals surface area contributed by atoms with Gasteiger partial charge in [0.2, 0.25) is 0 Å². The quantitative estimate of drug-likeness (QED) is 0.638. The molecule has 0 saturated heterocycles. The molecular weight excluding hydrogens is 260 g/mol. The van der Waals surface area contributed by atoms with Crippen molar-refractivity contribution in [1.29, 1.82) is 0 Å². The number of aliphatic hydroxyl groups excluding tert-OH is 1. The summed E-state index contributed by atoms with van der Waals surface area (Å²) in [6, 6.07) is -0.407. The summed E-state index contributed by atoms with van der Waals surface area (Å²) in [5.74, 6) is -0.237. The summed E-state index contributed by atoms with van der Waals surface area (Å²) in [5, 5.41) is 13.6. The molecule has 0 aromatic rings. The highest BCUT2D eigenvalue weighted by atomic mass is 16.3.